The van der Waals surface area contributed by atoms with Crippen molar-refractivity contribution in [1.29, 1.82) is 0 Å². The first-order chi connectivity index (χ1) is 8.84. The third-order valence-corrected chi connectivity index (χ3v) is 4.23. The molecule has 3 nitrogen and oxygen atoms in total. The van der Waals surface area contributed by atoms with Crippen molar-refractivity contribution >= 4 is 5.91 Å². The maximum Gasteiger partial charge on any atom is 0.225 e. The van der Waals surface area contributed by atoms with Gasteiger partial charge in [-0.1, -0.05) is 33.8 Å². The number of amides is 1. The fourth-order valence-corrected chi connectivity index (χ4v) is 2.37. The molecule has 0 spiro atoms. The van der Waals surface area contributed by atoms with Crippen molar-refractivity contribution in [2.24, 2.45) is 11.3 Å². The molecule has 1 saturated carbocycles. The Morgan fingerprint density at radius 1 is 1.32 bits per heavy atom. The van der Waals surface area contributed by atoms with E-state index in [9.17, 15) is 4.79 Å². The molecule has 2 rings (SSSR count). The van der Waals surface area contributed by atoms with Gasteiger partial charge in [0.2, 0.25) is 5.91 Å². The molecule has 0 radical (unpaired) electrons. The molecule has 104 valence electrons. The highest BCUT2D eigenvalue weighted by atomic mass is 16.2. The number of hydrogen-bond donors (Lipinski definition) is 1. The summed E-state index contributed by atoms with van der Waals surface area (Å²) in [5.41, 5.74) is 0.635. The number of carbonyl (C=O) groups is 1. The van der Waals surface area contributed by atoms with Crippen molar-refractivity contribution < 1.29 is 4.79 Å². The monoisotopic (exact) mass is 260 g/mol. The van der Waals surface area contributed by atoms with Crippen LogP contribution in [0.2, 0.25) is 0 Å². The predicted octanol–water partition coefficient (Wildman–Crippen LogP) is 2.91. The SMILES string of the molecule is CC(C)(CNC(=O)C(C)(C)C1CC1)c1ccccn1. The third-order valence-electron chi connectivity index (χ3n) is 4.23. The molecule has 0 aromatic carbocycles. The lowest BCUT2D eigenvalue weighted by Gasteiger charge is -2.28. The Morgan fingerprint density at radius 3 is 2.53 bits per heavy atom. The molecule has 1 heterocycles. The van der Waals surface area contributed by atoms with E-state index < -0.39 is 0 Å². The minimum Gasteiger partial charge on any atom is -0.355 e. The summed E-state index contributed by atoms with van der Waals surface area (Å²) in [5.74, 6) is 0.726. The molecule has 0 unspecified atom stereocenters. The second kappa shape index (κ2) is 4.95. The van der Waals surface area contributed by atoms with Gasteiger partial charge in [0.25, 0.3) is 0 Å². The Morgan fingerprint density at radius 2 is 2.00 bits per heavy atom. The minimum atomic E-state index is -0.236. The molecule has 1 aliphatic rings. The van der Waals surface area contributed by atoms with Crippen molar-refractivity contribution in [2.45, 2.75) is 46.0 Å². The van der Waals surface area contributed by atoms with Crippen LogP contribution in [-0.2, 0) is 10.2 Å². The van der Waals surface area contributed by atoms with Crippen LogP contribution >= 0.6 is 0 Å². The van der Waals surface area contributed by atoms with E-state index in [1.807, 2.05) is 32.0 Å². The highest BCUT2D eigenvalue weighted by Gasteiger charge is 2.43. The van der Waals surface area contributed by atoms with Crippen LogP contribution in [0.15, 0.2) is 24.4 Å². The van der Waals surface area contributed by atoms with Gasteiger partial charge in [-0.3, -0.25) is 9.78 Å². The van der Waals surface area contributed by atoms with Gasteiger partial charge < -0.3 is 5.32 Å². The molecule has 19 heavy (non-hydrogen) atoms. The number of pyridine rings is 1. The molecule has 1 amide bonds. The van der Waals surface area contributed by atoms with Crippen molar-refractivity contribution in [1.82, 2.24) is 10.3 Å². The topological polar surface area (TPSA) is 42.0 Å². The fraction of sp³-hybridized carbons (Fsp3) is 0.625. The molecule has 0 aliphatic heterocycles. The Hall–Kier alpha value is -1.38. The third kappa shape index (κ3) is 3.14. The predicted molar refractivity (Wildman–Crippen MR) is 76.8 cm³/mol. The van der Waals surface area contributed by atoms with Crippen LogP contribution in [0.4, 0.5) is 0 Å². The number of nitrogens with one attached hydrogen (secondary N) is 1. The average molecular weight is 260 g/mol. The van der Waals surface area contributed by atoms with E-state index in [0.717, 1.165) is 5.69 Å². The van der Waals surface area contributed by atoms with Crippen LogP contribution in [0.1, 0.15) is 46.2 Å². The Labute approximate surface area is 115 Å². The van der Waals surface area contributed by atoms with Crippen molar-refractivity contribution in [3.8, 4) is 0 Å². The van der Waals surface area contributed by atoms with Gasteiger partial charge >= 0.3 is 0 Å². The fourth-order valence-electron chi connectivity index (χ4n) is 2.37. The summed E-state index contributed by atoms with van der Waals surface area (Å²) >= 11 is 0. The van der Waals surface area contributed by atoms with E-state index >= 15 is 0 Å². The number of aromatic nitrogens is 1. The summed E-state index contributed by atoms with van der Waals surface area (Å²) in [6.45, 7) is 8.94. The number of hydrogen-bond acceptors (Lipinski definition) is 2. The highest BCUT2D eigenvalue weighted by Crippen LogP contribution is 2.45. The van der Waals surface area contributed by atoms with Crippen LogP contribution in [-0.4, -0.2) is 17.4 Å². The molecule has 1 fully saturated rings. The van der Waals surface area contributed by atoms with Gasteiger partial charge in [-0.05, 0) is 30.9 Å². The van der Waals surface area contributed by atoms with Crippen molar-refractivity contribution in [3.05, 3.63) is 30.1 Å². The van der Waals surface area contributed by atoms with Crippen LogP contribution < -0.4 is 5.32 Å². The second-order valence-electron chi connectivity index (χ2n) is 6.78. The lowest BCUT2D eigenvalue weighted by molar-refractivity contribution is -0.130. The lowest BCUT2D eigenvalue weighted by Crippen LogP contribution is -2.44. The second-order valence-corrected chi connectivity index (χ2v) is 6.78. The van der Waals surface area contributed by atoms with E-state index in [2.05, 4.69) is 24.1 Å². The number of nitrogens with zero attached hydrogens (tertiary/aromatic N) is 1. The summed E-state index contributed by atoms with van der Waals surface area (Å²) in [7, 11) is 0. The normalized spacial score (nSPS) is 16.2. The molecule has 1 N–H and O–H groups in total. The summed E-state index contributed by atoms with van der Waals surface area (Å²) in [6.07, 6.45) is 4.17. The van der Waals surface area contributed by atoms with Gasteiger partial charge in [0, 0.05) is 29.3 Å². The van der Waals surface area contributed by atoms with Gasteiger partial charge in [-0.15, -0.1) is 0 Å². The molecular formula is C16H24N2O. The molecule has 1 aromatic rings. The molecule has 0 atom stereocenters. The summed E-state index contributed by atoms with van der Waals surface area (Å²) in [5, 5.41) is 3.10. The summed E-state index contributed by atoms with van der Waals surface area (Å²) in [4.78, 5) is 16.7. The van der Waals surface area contributed by atoms with Crippen molar-refractivity contribution in [3.63, 3.8) is 0 Å². The largest absolute Gasteiger partial charge is 0.355 e. The van der Waals surface area contributed by atoms with Gasteiger partial charge in [0.15, 0.2) is 0 Å². The van der Waals surface area contributed by atoms with Gasteiger partial charge in [-0.25, -0.2) is 0 Å². The Kier molecular flexibility index (Phi) is 3.66. The minimum absolute atomic E-state index is 0.142. The number of carbonyl (C=O) groups excluding carboxylic acids is 1. The number of rotatable bonds is 5. The highest BCUT2D eigenvalue weighted by molar-refractivity contribution is 5.82. The molecule has 1 aliphatic carbocycles. The summed E-state index contributed by atoms with van der Waals surface area (Å²) in [6, 6.07) is 5.91. The van der Waals surface area contributed by atoms with Crippen LogP contribution in [0.3, 0.4) is 0 Å². The van der Waals surface area contributed by atoms with Crippen LogP contribution in [0.25, 0.3) is 0 Å². The Bertz CT molecular complexity index is 447. The Balaban J connectivity index is 1.96. The van der Waals surface area contributed by atoms with E-state index in [1.165, 1.54) is 12.8 Å². The average Bonchev–Trinajstić information content (AvgIpc) is 3.21. The zero-order valence-corrected chi connectivity index (χ0v) is 12.4. The van der Waals surface area contributed by atoms with E-state index in [-0.39, 0.29) is 16.7 Å². The zero-order chi connectivity index (χ0) is 14.1. The standard InChI is InChI=1S/C16H24N2O/c1-15(2,13-7-5-6-10-17-13)11-18-14(19)16(3,4)12-8-9-12/h5-7,10,12H,8-9,11H2,1-4H3,(H,18,19). The van der Waals surface area contributed by atoms with Gasteiger partial charge in [-0.2, -0.15) is 0 Å². The molecule has 3 heteroatoms. The molecular weight excluding hydrogens is 236 g/mol. The quantitative estimate of drug-likeness (QED) is 0.884. The molecule has 0 bridgehead atoms. The molecule has 0 saturated heterocycles. The van der Waals surface area contributed by atoms with Crippen molar-refractivity contribution in [2.75, 3.05) is 6.54 Å². The maximum atomic E-state index is 12.3. The first-order valence-electron chi connectivity index (χ1n) is 7.04. The molecule has 1 aromatic heterocycles. The van der Waals surface area contributed by atoms with Crippen LogP contribution in [0, 0.1) is 11.3 Å². The first kappa shape index (κ1) is 14.0. The first-order valence-corrected chi connectivity index (χ1v) is 7.04. The smallest absolute Gasteiger partial charge is 0.225 e. The van der Waals surface area contributed by atoms with E-state index in [1.54, 1.807) is 6.20 Å². The van der Waals surface area contributed by atoms with Crippen LogP contribution in [0.5, 0.6) is 0 Å². The van der Waals surface area contributed by atoms with E-state index in [0.29, 0.717) is 12.5 Å². The van der Waals surface area contributed by atoms with Gasteiger partial charge in [0.1, 0.15) is 0 Å². The van der Waals surface area contributed by atoms with Gasteiger partial charge in [0.05, 0.1) is 0 Å². The summed E-state index contributed by atoms with van der Waals surface area (Å²) < 4.78 is 0. The maximum absolute atomic E-state index is 12.3. The lowest BCUT2D eigenvalue weighted by atomic mass is 9.84. The zero-order valence-electron chi connectivity index (χ0n) is 12.4. The van der Waals surface area contributed by atoms with E-state index in [4.69, 9.17) is 0 Å².